The number of benzene rings is 1. The molecule has 0 aliphatic carbocycles. The average Bonchev–Trinajstić information content (AvgIpc) is 2.43. The summed E-state index contributed by atoms with van der Waals surface area (Å²) in [5.41, 5.74) is 2.79. The Morgan fingerprint density at radius 3 is 3.05 bits per heavy atom. The molecule has 1 aliphatic rings. The van der Waals surface area contributed by atoms with Gasteiger partial charge in [-0.15, -0.1) is 0 Å². The van der Waals surface area contributed by atoms with E-state index in [-0.39, 0.29) is 5.82 Å². The van der Waals surface area contributed by atoms with Crippen LogP contribution < -0.4 is 0 Å². The van der Waals surface area contributed by atoms with Gasteiger partial charge in [-0.1, -0.05) is 17.7 Å². The highest BCUT2D eigenvalue weighted by Gasteiger charge is 2.20. The van der Waals surface area contributed by atoms with Gasteiger partial charge in [0.05, 0.1) is 0 Å². The van der Waals surface area contributed by atoms with Gasteiger partial charge in [0.15, 0.2) is 0 Å². The third-order valence-corrected chi connectivity index (χ3v) is 3.93. The Labute approximate surface area is 122 Å². The summed E-state index contributed by atoms with van der Waals surface area (Å²) >= 11 is 6.08. The molecule has 0 spiro atoms. The van der Waals surface area contributed by atoms with Crippen LogP contribution in [-0.4, -0.2) is 21.4 Å². The van der Waals surface area contributed by atoms with E-state index >= 15 is 0 Å². The summed E-state index contributed by atoms with van der Waals surface area (Å²) in [6, 6.07) is 4.80. The largest absolute Gasteiger partial charge is 0.294 e. The number of aromatic nitrogens is 2. The van der Waals surface area contributed by atoms with E-state index in [0.29, 0.717) is 17.1 Å². The van der Waals surface area contributed by atoms with E-state index in [2.05, 4.69) is 14.9 Å². The maximum Gasteiger partial charge on any atom is 0.129 e. The molecule has 2 aromatic rings. The fourth-order valence-corrected chi connectivity index (χ4v) is 2.74. The first-order valence-electron chi connectivity index (χ1n) is 6.60. The van der Waals surface area contributed by atoms with E-state index in [9.17, 15) is 4.39 Å². The average molecular weight is 292 g/mol. The van der Waals surface area contributed by atoms with Gasteiger partial charge in [0.25, 0.3) is 0 Å². The minimum atomic E-state index is -0.247. The molecular formula is C15H15ClFN3. The minimum Gasteiger partial charge on any atom is -0.294 e. The number of hydrogen-bond acceptors (Lipinski definition) is 3. The molecule has 0 saturated heterocycles. The van der Waals surface area contributed by atoms with Crippen LogP contribution in [0.3, 0.4) is 0 Å². The summed E-state index contributed by atoms with van der Waals surface area (Å²) in [5, 5.41) is 0.482. The van der Waals surface area contributed by atoms with Gasteiger partial charge >= 0.3 is 0 Å². The molecule has 20 heavy (non-hydrogen) atoms. The number of rotatable bonds is 2. The first-order valence-corrected chi connectivity index (χ1v) is 6.98. The van der Waals surface area contributed by atoms with Crippen LogP contribution in [0.25, 0.3) is 0 Å². The number of aryl methyl sites for hydroxylation is 1. The predicted octanol–water partition coefficient (Wildman–Crippen LogP) is 3.14. The topological polar surface area (TPSA) is 29.0 Å². The number of hydrogen-bond donors (Lipinski definition) is 0. The molecule has 0 unspecified atom stereocenters. The second kappa shape index (κ2) is 5.46. The first kappa shape index (κ1) is 13.5. The molecule has 0 fully saturated rings. The normalized spacial score (nSPS) is 15.2. The van der Waals surface area contributed by atoms with Crippen molar-refractivity contribution in [2.75, 3.05) is 6.54 Å². The maximum atomic E-state index is 13.8. The van der Waals surface area contributed by atoms with Crippen LogP contribution in [0.1, 0.15) is 22.6 Å². The van der Waals surface area contributed by atoms with Gasteiger partial charge < -0.3 is 0 Å². The number of halogens is 2. The van der Waals surface area contributed by atoms with Crippen molar-refractivity contribution in [2.24, 2.45) is 0 Å². The van der Waals surface area contributed by atoms with E-state index < -0.39 is 0 Å². The highest BCUT2D eigenvalue weighted by molar-refractivity contribution is 6.31. The second-order valence-corrected chi connectivity index (χ2v) is 5.46. The van der Waals surface area contributed by atoms with Crippen molar-refractivity contribution >= 4 is 11.6 Å². The van der Waals surface area contributed by atoms with Gasteiger partial charge in [-0.25, -0.2) is 14.4 Å². The zero-order valence-corrected chi connectivity index (χ0v) is 12.0. The molecule has 1 aromatic heterocycles. The number of fused-ring (bicyclic) bond motifs is 1. The lowest BCUT2D eigenvalue weighted by Crippen LogP contribution is -2.31. The van der Waals surface area contributed by atoms with Gasteiger partial charge in [0.2, 0.25) is 0 Å². The van der Waals surface area contributed by atoms with E-state index in [0.717, 1.165) is 36.6 Å². The van der Waals surface area contributed by atoms with Crippen LogP contribution in [-0.2, 0) is 19.5 Å². The standard InChI is InChI=1S/C15H15ClFN3/c1-10-18-7-11-8-20(6-5-15(11)19-10)9-12-13(16)3-2-4-14(12)17/h2-4,7H,5-6,8-9H2,1H3. The van der Waals surface area contributed by atoms with Crippen LogP contribution >= 0.6 is 11.6 Å². The third-order valence-electron chi connectivity index (χ3n) is 3.58. The zero-order chi connectivity index (χ0) is 14.1. The summed E-state index contributed by atoms with van der Waals surface area (Å²) in [7, 11) is 0. The van der Waals surface area contributed by atoms with Crippen LogP contribution in [0, 0.1) is 12.7 Å². The smallest absolute Gasteiger partial charge is 0.129 e. The predicted molar refractivity (Wildman–Crippen MR) is 76.0 cm³/mol. The van der Waals surface area contributed by atoms with E-state index in [1.807, 2.05) is 13.1 Å². The summed E-state index contributed by atoms with van der Waals surface area (Å²) in [6.07, 6.45) is 2.73. The van der Waals surface area contributed by atoms with Gasteiger partial charge in [-0.3, -0.25) is 4.90 Å². The molecule has 0 N–H and O–H groups in total. The summed E-state index contributed by atoms with van der Waals surface area (Å²) in [6.45, 7) is 4.00. The molecule has 1 aliphatic heterocycles. The zero-order valence-electron chi connectivity index (χ0n) is 11.2. The van der Waals surface area contributed by atoms with Gasteiger partial charge in [-0.2, -0.15) is 0 Å². The molecule has 0 bridgehead atoms. The van der Waals surface area contributed by atoms with Crippen molar-refractivity contribution < 1.29 is 4.39 Å². The number of nitrogens with zero attached hydrogens (tertiary/aromatic N) is 3. The molecule has 0 saturated carbocycles. The molecule has 2 heterocycles. The Morgan fingerprint density at radius 2 is 2.25 bits per heavy atom. The Kier molecular flexibility index (Phi) is 3.68. The first-order chi connectivity index (χ1) is 9.63. The highest BCUT2D eigenvalue weighted by atomic mass is 35.5. The van der Waals surface area contributed by atoms with Gasteiger partial charge in [-0.05, 0) is 19.1 Å². The van der Waals surface area contributed by atoms with Crippen molar-refractivity contribution in [3.05, 3.63) is 57.9 Å². The quantitative estimate of drug-likeness (QED) is 0.851. The Bertz CT molecular complexity index is 625. The van der Waals surface area contributed by atoms with Crippen molar-refractivity contribution in [2.45, 2.75) is 26.4 Å². The third kappa shape index (κ3) is 2.67. The van der Waals surface area contributed by atoms with Crippen molar-refractivity contribution in [3.8, 4) is 0 Å². The molecule has 0 atom stereocenters. The van der Waals surface area contributed by atoms with Crippen LogP contribution in [0.2, 0.25) is 5.02 Å². The molecule has 104 valence electrons. The fraction of sp³-hybridized carbons (Fsp3) is 0.333. The summed E-state index contributed by atoms with van der Waals surface area (Å²) in [5.74, 6) is 0.554. The lowest BCUT2D eigenvalue weighted by atomic mass is 10.1. The molecule has 0 radical (unpaired) electrons. The van der Waals surface area contributed by atoms with Crippen molar-refractivity contribution in [1.82, 2.24) is 14.9 Å². The van der Waals surface area contributed by atoms with E-state index in [4.69, 9.17) is 11.6 Å². The molecule has 3 nitrogen and oxygen atoms in total. The highest BCUT2D eigenvalue weighted by Crippen LogP contribution is 2.24. The van der Waals surface area contributed by atoms with Gasteiger partial charge in [0.1, 0.15) is 11.6 Å². The Balaban J connectivity index is 1.79. The SMILES string of the molecule is Cc1ncc2c(n1)CCN(Cc1c(F)cccc1Cl)C2. The van der Waals surface area contributed by atoms with Gasteiger partial charge in [0, 0.05) is 54.1 Å². The van der Waals surface area contributed by atoms with Crippen LogP contribution in [0.15, 0.2) is 24.4 Å². The fourth-order valence-electron chi connectivity index (χ4n) is 2.52. The van der Waals surface area contributed by atoms with Crippen LogP contribution in [0.4, 0.5) is 4.39 Å². The molecular weight excluding hydrogens is 277 g/mol. The van der Waals surface area contributed by atoms with Crippen molar-refractivity contribution in [3.63, 3.8) is 0 Å². The summed E-state index contributed by atoms with van der Waals surface area (Å²) < 4.78 is 13.8. The van der Waals surface area contributed by atoms with E-state index in [1.165, 1.54) is 6.07 Å². The summed E-state index contributed by atoms with van der Waals surface area (Å²) in [4.78, 5) is 10.9. The van der Waals surface area contributed by atoms with Crippen molar-refractivity contribution in [1.29, 1.82) is 0 Å². The Hall–Kier alpha value is -1.52. The Morgan fingerprint density at radius 1 is 1.40 bits per heavy atom. The second-order valence-electron chi connectivity index (χ2n) is 5.05. The van der Waals surface area contributed by atoms with E-state index in [1.54, 1.807) is 12.1 Å². The lowest BCUT2D eigenvalue weighted by Gasteiger charge is -2.28. The maximum absolute atomic E-state index is 13.8. The molecule has 0 amide bonds. The molecule has 3 rings (SSSR count). The molecule has 1 aromatic carbocycles. The monoisotopic (exact) mass is 291 g/mol. The van der Waals surface area contributed by atoms with Crippen LogP contribution in [0.5, 0.6) is 0 Å². The minimum absolute atomic E-state index is 0.247. The molecule has 5 heteroatoms. The lowest BCUT2D eigenvalue weighted by molar-refractivity contribution is 0.239.